The van der Waals surface area contributed by atoms with E-state index in [-0.39, 0.29) is 5.15 Å². The second-order valence-electron chi connectivity index (χ2n) is 2.88. The zero-order chi connectivity index (χ0) is 10.6. The van der Waals surface area contributed by atoms with E-state index in [0.717, 1.165) is 12.0 Å². The Morgan fingerprint density at radius 3 is 3.00 bits per heavy atom. The molecule has 0 fully saturated rings. The second-order valence-corrected chi connectivity index (χ2v) is 3.24. The van der Waals surface area contributed by atoms with E-state index in [1.54, 1.807) is 0 Å². The van der Waals surface area contributed by atoms with Crippen molar-refractivity contribution in [3.8, 4) is 0 Å². The molecule has 0 aliphatic rings. The van der Waals surface area contributed by atoms with Crippen molar-refractivity contribution in [1.82, 2.24) is 9.97 Å². The molecule has 5 heteroatoms. The molecule has 0 aliphatic carbocycles. The summed E-state index contributed by atoms with van der Waals surface area (Å²) in [6.45, 7) is 6.55. The summed E-state index contributed by atoms with van der Waals surface area (Å²) in [4.78, 5) is 7.73. The minimum atomic E-state index is 0.268. The molecule has 1 aromatic rings. The molecule has 4 nitrogen and oxygen atoms in total. The fraction of sp³-hybridized carbons (Fsp3) is 0.333. The van der Waals surface area contributed by atoms with Crippen molar-refractivity contribution < 1.29 is 0 Å². The van der Waals surface area contributed by atoms with Crippen LogP contribution in [0.25, 0.3) is 0 Å². The van der Waals surface area contributed by atoms with E-state index in [9.17, 15) is 0 Å². The number of rotatable bonds is 4. The van der Waals surface area contributed by atoms with Crippen LogP contribution in [0.5, 0.6) is 0 Å². The van der Waals surface area contributed by atoms with Gasteiger partial charge in [0, 0.05) is 6.54 Å². The SMILES string of the molecule is C=C(CC)CNc1ncnc(Cl)c1N. The molecule has 0 amide bonds. The van der Waals surface area contributed by atoms with Gasteiger partial charge in [-0.2, -0.15) is 0 Å². The van der Waals surface area contributed by atoms with Gasteiger partial charge in [-0.25, -0.2) is 9.97 Å². The molecule has 1 heterocycles. The highest BCUT2D eigenvalue weighted by Gasteiger charge is 2.04. The van der Waals surface area contributed by atoms with Gasteiger partial charge in [-0.1, -0.05) is 30.7 Å². The number of hydrogen-bond acceptors (Lipinski definition) is 4. The number of anilines is 2. The Labute approximate surface area is 88.2 Å². The number of halogens is 1. The summed E-state index contributed by atoms with van der Waals surface area (Å²) >= 11 is 5.72. The summed E-state index contributed by atoms with van der Waals surface area (Å²) in [6, 6.07) is 0. The minimum Gasteiger partial charge on any atom is -0.393 e. The number of nitrogens with two attached hydrogens (primary N) is 1. The van der Waals surface area contributed by atoms with Crippen LogP contribution >= 0.6 is 11.6 Å². The monoisotopic (exact) mass is 212 g/mol. The third kappa shape index (κ3) is 2.60. The minimum absolute atomic E-state index is 0.268. The average Bonchev–Trinajstić information content (AvgIpc) is 2.20. The zero-order valence-corrected chi connectivity index (χ0v) is 8.80. The van der Waals surface area contributed by atoms with Crippen molar-refractivity contribution >= 4 is 23.1 Å². The van der Waals surface area contributed by atoms with Crippen molar-refractivity contribution in [3.63, 3.8) is 0 Å². The quantitative estimate of drug-likeness (QED) is 0.593. The lowest BCUT2D eigenvalue weighted by molar-refractivity contribution is 1.03. The fourth-order valence-electron chi connectivity index (χ4n) is 0.849. The smallest absolute Gasteiger partial charge is 0.157 e. The summed E-state index contributed by atoms with van der Waals surface area (Å²) in [5.74, 6) is 0.555. The molecule has 0 radical (unpaired) electrons. The molecule has 0 aliphatic heterocycles. The number of nitrogens with one attached hydrogen (secondary N) is 1. The first kappa shape index (κ1) is 10.8. The van der Waals surface area contributed by atoms with Crippen LogP contribution in [0, 0.1) is 0 Å². The Hall–Kier alpha value is -1.29. The molecule has 0 aromatic carbocycles. The van der Waals surface area contributed by atoms with E-state index in [4.69, 9.17) is 17.3 Å². The molecule has 3 N–H and O–H groups in total. The van der Waals surface area contributed by atoms with Gasteiger partial charge in [0.05, 0.1) is 0 Å². The van der Waals surface area contributed by atoms with Gasteiger partial charge in [-0.3, -0.25) is 0 Å². The third-order valence-corrected chi connectivity index (χ3v) is 2.14. The van der Waals surface area contributed by atoms with Gasteiger partial charge in [0.2, 0.25) is 0 Å². The molecule has 0 unspecified atom stereocenters. The van der Waals surface area contributed by atoms with Gasteiger partial charge in [-0.05, 0) is 6.42 Å². The van der Waals surface area contributed by atoms with Crippen LogP contribution in [0.2, 0.25) is 5.15 Å². The number of aromatic nitrogens is 2. The van der Waals surface area contributed by atoms with Gasteiger partial charge in [0.1, 0.15) is 12.0 Å². The van der Waals surface area contributed by atoms with E-state index in [2.05, 4.69) is 21.9 Å². The molecule has 0 bridgehead atoms. The largest absolute Gasteiger partial charge is 0.393 e. The maximum absolute atomic E-state index is 5.72. The maximum Gasteiger partial charge on any atom is 0.157 e. The van der Waals surface area contributed by atoms with Crippen molar-refractivity contribution in [3.05, 3.63) is 23.6 Å². The Bertz CT molecular complexity index is 338. The van der Waals surface area contributed by atoms with Crippen LogP contribution < -0.4 is 11.1 Å². The summed E-state index contributed by atoms with van der Waals surface area (Å²) in [5, 5.41) is 3.31. The lowest BCUT2D eigenvalue weighted by Gasteiger charge is -2.08. The highest BCUT2D eigenvalue weighted by atomic mass is 35.5. The predicted octanol–water partition coefficient (Wildman–Crippen LogP) is 2.09. The van der Waals surface area contributed by atoms with Crippen LogP contribution in [-0.2, 0) is 0 Å². The highest BCUT2D eigenvalue weighted by Crippen LogP contribution is 2.21. The topological polar surface area (TPSA) is 63.8 Å². The molecular formula is C9H13ClN4. The van der Waals surface area contributed by atoms with Crippen LogP contribution in [0.15, 0.2) is 18.5 Å². The second kappa shape index (κ2) is 4.81. The Balaban J connectivity index is 2.68. The molecule has 0 spiro atoms. The number of nitrogen functional groups attached to an aromatic ring is 1. The molecule has 0 saturated heterocycles. The van der Waals surface area contributed by atoms with Crippen LogP contribution in [0.3, 0.4) is 0 Å². The van der Waals surface area contributed by atoms with E-state index >= 15 is 0 Å². The predicted molar refractivity (Wildman–Crippen MR) is 59.4 cm³/mol. The number of nitrogens with zero attached hydrogens (tertiary/aromatic N) is 2. The van der Waals surface area contributed by atoms with Crippen LogP contribution in [0.4, 0.5) is 11.5 Å². The normalized spacial score (nSPS) is 9.86. The Morgan fingerprint density at radius 1 is 1.64 bits per heavy atom. The van der Waals surface area contributed by atoms with E-state index in [0.29, 0.717) is 18.1 Å². The number of hydrogen-bond donors (Lipinski definition) is 2. The standard InChI is InChI=1S/C9H13ClN4/c1-3-6(2)4-12-9-7(11)8(10)13-5-14-9/h5H,2-4,11H2,1H3,(H,12,13,14). The Morgan fingerprint density at radius 2 is 2.36 bits per heavy atom. The molecule has 14 heavy (non-hydrogen) atoms. The molecule has 1 aromatic heterocycles. The van der Waals surface area contributed by atoms with Crippen molar-refractivity contribution in [2.75, 3.05) is 17.6 Å². The lowest BCUT2D eigenvalue weighted by Crippen LogP contribution is -2.08. The fourth-order valence-corrected chi connectivity index (χ4v) is 0.982. The molecule has 76 valence electrons. The van der Waals surface area contributed by atoms with Crippen molar-refractivity contribution in [2.45, 2.75) is 13.3 Å². The third-order valence-electron chi connectivity index (χ3n) is 1.84. The molecule has 0 saturated carbocycles. The summed E-state index contributed by atoms with van der Waals surface area (Å²) in [5.41, 5.74) is 7.12. The lowest BCUT2D eigenvalue weighted by atomic mass is 10.2. The zero-order valence-electron chi connectivity index (χ0n) is 8.05. The van der Waals surface area contributed by atoms with E-state index in [1.807, 2.05) is 6.92 Å². The van der Waals surface area contributed by atoms with Gasteiger partial charge in [0.15, 0.2) is 11.0 Å². The molecular weight excluding hydrogens is 200 g/mol. The van der Waals surface area contributed by atoms with Gasteiger partial charge < -0.3 is 11.1 Å². The van der Waals surface area contributed by atoms with Crippen molar-refractivity contribution in [1.29, 1.82) is 0 Å². The first-order valence-electron chi connectivity index (χ1n) is 4.31. The van der Waals surface area contributed by atoms with E-state index < -0.39 is 0 Å². The molecule has 1 rings (SSSR count). The first-order valence-corrected chi connectivity index (χ1v) is 4.69. The summed E-state index contributed by atoms with van der Waals surface area (Å²) in [7, 11) is 0. The van der Waals surface area contributed by atoms with Crippen LogP contribution in [0.1, 0.15) is 13.3 Å². The molecule has 0 atom stereocenters. The highest BCUT2D eigenvalue weighted by molar-refractivity contribution is 6.32. The van der Waals surface area contributed by atoms with E-state index in [1.165, 1.54) is 6.33 Å². The van der Waals surface area contributed by atoms with Crippen LogP contribution in [-0.4, -0.2) is 16.5 Å². The average molecular weight is 213 g/mol. The van der Waals surface area contributed by atoms with Gasteiger partial charge in [-0.15, -0.1) is 0 Å². The first-order chi connectivity index (χ1) is 6.65. The summed E-state index contributed by atoms with van der Waals surface area (Å²) in [6.07, 6.45) is 2.29. The van der Waals surface area contributed by atoms with Gasteiger partial charge >= 0.3 is 0 Å². The maximum atomic E-state index is 5.72. The summed E-state index contributed by atoms with van der Waals surface area (Å²) < 4.78 is 0. The van der Waals surface area contributed by atoms with Gasteiger partial charge in [0.25, 0.3) is 0 Å². The van der Waals surface area contributed by atoms with Crippen molar-refractivity contribution in [2.24, 2.45) is 0 Å². The Kier molecular flexibility index (Phi) is 3.71.